The van der Waals surface area contributed by atoms with E-state index in [1.54, 1.807) is 48.5 Å². The molecule has 0 saturated heterocycles. The molecule has 0 fully saturated rings. The van der Waals surface area contributed by atoms with Gasteiger partial charge in [-0.05, 0) is 79.0 Å². The van der Waals surface area contributed by atoms with Gasteiger partial charge in [-0.15, -0.1) is 0 Å². The summed E-state index contributed by atoms with van der Waals surface area (Å²) in [6, 6.07) is 3.59. The van der Waals surface area contributed by atoms with Gasteiger partial charge in [0, 0.05) is 12.5 Å². The largest absolute Gasteiger partial charge is 0.514 e. The molecular formula is C27H41NO11. The third-order valence-electron chi connectivity index (χ3n) is 5.66. The van der Waals surface area contributed by atoms with Gasteiger partial charge < -0.3 is 33.5 Å². The van der Waals surface area contributed by atoms with Crippen LogP contribution in [0.5, 0.6) is 11.5 Å². The van der Waals surface area contributed by atoms with Crippen LogP contribution in [0.2, 0.25) is 0 Å². The van der Waals surface area contributed by atoms with Gasteiger partial charge in [-0.25, -0.2) is 19.2 Å². The van der Waals surface area contributed by atoms with Gasteiger partial charge in [0.25, 0.3) is 5.72 Å². The zero-order valence-electron chi connectivity index (χ0n) is 24.2. The number of nitrogens with one attached hydrogen (secondary N) is 1. The number of carbonyl (C=O) groups is 4. The topological polar surface area (TPSA) is 156 Å². The average Bonchev–Trinajstić information content (AvgIpc) is 2.79. The lowest BCUT2D eigenvalue weighted by molar-refractivity contribution is -0.166. The molecule has 2 N–H and O–H groups in total. The zero-order chi connectivity index (χ0) is 30.0. The summed E-state index contributed by atoms with van der Waals surface area (Å²) in [5, 5.41) is 12.8. The van der Waals surface area contributed by atoms with Crippen LogP contribution in [0.15, 0.2) is 18.2 Å². The molecule has 0 unspecified atom stereocenters. The Labute approximate surface area is 229 Å². The third-order valence-corrected chi connectivity index (χ3v) is 5.66. The number of benzene rings is 1. The molecule has 0 bridgehead atoms. The maximum absolute atomic E-state index is 12.6. The lowest BCUT2D eigenvalue weighted by Crippen LogP contribution is -2.59. The molecule has 0 aliphatic heterocycles. The molecule has 1 aromatic carbocycles. The van der Waals surface area contributed by atoms with E-state index in [4.69, 9.17) is 28.4 Å². The van der Waals surface area contributed by atoms with E-state index in [-0.39, 0.29) is 23.7 Å². The van der Waals surface area contributed by atoms with E-state index in [0.29, 0.717) is 12.8 Å². The highest BCUT2D eigenvalue weighted by Crippen LogP contribution is 2.32. The number of carbonyl (C=O) groups excluding carboxylic acids is 3. The smallest absolute Gasteiger partial charge is 0.477 e. The number of aliphatic carboxylic acids is 1. The van der Waals surface area contributed by atoms with Crippen LogP contribution in [0.4, 0.5) is 14.4 Å². The number of carboxylic acid groups (broad SMARTS) is 1. The second kappa shape index (κ2) is 14.0. The predicted molar refractivity (Wildman–Crippen MR) is 140 cm³/mol. The Balaban J connectivity index is 3.47. The highest BCUT2D eigenvalue weighted by molar-refractivity contribution is 5.80. The Hall–Kier alpha value is -3.54. The Morgan fingerprint density at radius 2 is 1.33 bits per heavy atom. The lowest BCUT2D eigenvalue weighted by Gasteiger charge is -2.31. The molecule has 0 amide bonds. The van der Waals surface area contributed by atoms with Crippen molar-refractivity contribution in [1.29, 1.82) is 0 Å². The molecule has 1 rings (SSSR count). The van der Waals surface area contributed by atoms with E-state index >= 15 is 0 Å². The number of rotatable bonds is 13. The van der Waals surface area contributed by atoms with Gasteiger partial charge in [0.1, 0.15) is 11.2 Å². The van der Waals surface area contributed by atoms with Crippen molar-refractivity contribution in [2.24, 2.45) is 0 Å². The molecule has 0 aromatic heterocycles. The van der Waals surface area contributed by atoms with Gasteiger partial charge in [-0.3, -0.25) is 5.32 Å². The Morgan fingerprint density at radius 3 is 1.77 bits per heavy atom. The Bertz CT molecular complexity index is 1020. The van der Waals surface area contributed by atoms with Gasteiger partial charge in [-0.1, -0.05) is 19.9 Å². The molecule has 1 atom stereocenters. The van der Waals surface area contributed by atoms with Crippen LogP contribution in [-0.2, 0) is 30.2 Å². The first-order chi connectivity index (χ1) is 18.0. The summed E-state index contributed by atoms with van der Waals surface area (Å²) in [5.41, 5.74) is -3.63. The normalized spacial score (nSPS) is 13.2. The monoisotopic (exact) mass is 555 g/mol. The third kappa shape index (κ3) is 11.0. The molecule has 12 nitrogen and oxygen atoms in total. The SMILES string of the molecule is CCOC(=O)O[C@](Cc1ccc(OC(=O)OC(C)(C)CC)c(OC(=O)OC(C)(C)CC)c1)(NC(C)C)C(=O)O. The summed E-state index contributed by atoms with van der Waals surface area (Å²) in [4.78, 5) is 49.4. The lowest BCUT2D eigenvalue weighted by atomic mass is 10.0. The minimum atomic E-state index is -2.23. The highest BCUT2D eigenvalue weighted by Gasteiger charge is 2.44. The van der Waals surface area contributed by atoms with Gasteiger partial charge in [0.15, 0.2) is 11.5 Å². The van der Waals surface area contributed by atoms with E-state index in [1.165, 1.54) is 18.2 Å². The summed E-state index contributed by atoms with van der Waals surface area (Å²) in [6.45, 7) is 15.3. The first-order valence-electron chi connectivity index (χ1n) is 12.8. The standard InChI is InChI=1S/C27H41NO11/c1-10-25(6,7)37-23(32)35-19-14-13-18(15-20(19)36-24(33)38-26(8,9)11-2)16-27(21(29)30,28-17(4)5)39-22(31)34-12-3/h13-15,17,28H,10-12,16H2,1-9H3,(H,29,30)/t27-/m0/s1. The van der Waals surface area contributed by atoms with Crippen molar-refractivity contribution in [1.82, 2.24) is 5.32 Å². The molecule has 0 saturated carbocycles. The van der Waals surface area contributed by atoms with Gasteiger partial charge >= 0.3 is 24.4 Å². The van der Waals surface area contributed by atoms with Gasteiger partial charge in [0.2, 0.25) is 0 Å². The van der Waals surface area contributed by atoms with Crippen molar-refractivity contribution < 1.29 is 52.7 Å². The second-order valence-electron chi connectivity index (χ2n) is 10.3. The van der Waals surface area contributed by atoms with Crippen LogP contribution >= 0.6 is 0 Å². The van der Waals surface area contributed by atoms with E-state index < -0.39 is 53.8 Å². The van der Waals surface area contributed by atoms with Crippen LogP contribution in [-0.4, -0.2) is 59.1 Å². The van der Waals surface area contributed by atoms with Crippen LogP contribution in [0.1, 0.15) is 80.7 Å². The molecule has 0 aliphatic rings. The van der Waals surface area contributed by atoms with Crippen molar-refractivity contribution in [3.63, 3.8) is 0 Å². The van der Waals surface area contributed by atoms with Crippen LogP contribution < -0.4 is 14.8 Å². The molecule has 1 aromatic rings. The number of ether oxygens (including phenoxy) is 6. The quantitative estimate of drug-likeness (QED) is 0.135. The molecule has 39 heavy (non-hydrogen) atoms. The van der Waals surface area contributed by atoms with Crippen LogP contribution in [0, 0.1) is 0 Å². The van der Waals surface area contributed by atoms with Crippen molar-refractivity contribution in [3.05, 3.63) is 23.8 Å². The molecule has 0 aliphatic carbocycles. The minimum Gasteiger partial charge on any atom is -0.477 e. The predicted octanol–water partition coefficient (Wildman–Crippen LogP) is 5.59. The molecular weight excluding hydrogens is 514 g/mol. The summed E-state index contributed by atoms with van der Waals surface area (Å²) in [5.74, 6) is -1.90. The highest BCUT2D eigenvalue weighted by atomic mass is 16.8. The summed E-state index contributed by atoms with van der Waals surface area (Å²) >= 11 is 0. The summed E-state index contributed by atoms with van der Waals surface area (Å²) in [7, 11) is 0. The first-order valence-corrected chi connectivity index (χ1v) is 12.8. The van der Waals surface area contributed by atoms with E-state index in [2.05, 4.69) is 5.32 Å². The fourth-order valence-electron chi connectivity index (χ4n) is 2.98. The molecule has 0 spiro atoms. The fraction of sp³-hybridized carbons (Fsp3) is 0.630. The fourth-order valence-corrected chi connectivity index (χ4v) is 2.98. The van der Waals surface area contributed by atoms with Crippen molar-refractivity contribution in [2.45, 2.75) is 105 Å². The first kappa shape index (κ1) is 33.5. The van der Waals surface area contributed by atoms with Crippen molar-refractivity contribution in [3.8, 4) is 11.5 Å². The molecule has 0 radical (unpaired) electrons. The molecule has 220 valence electrons. The van der Waals surface area contributed by atoms with Gasteiger partial charge in [-0.2, -0.15) is 0 Å². The van der Waals surface area contributed by atoms with Gasteiger partial charge in [0.05, 0.1) is 6.61 Å². The maximum Gasteiger partial charge on any atom is 0.514 e. The van der Waals surface area contributed by atoms with Crippen LogP contribution in [0.3, 0.4) is 0 Å². The zero-order valence-corrected chi connectivity index (χ0v) is 24.2. The van der Waals surface area contributed by atoms with Crippen molar-refractivity contribution in [2.75, 3.05) is 6.61 Å². The number of carboxylic acids is 1. The second-order valence-corrected chi connectivity index (χ2v) is 10.3. The molecule has 12 heteroatoms. The summed E-state index contributed by atoms with van der Waals surface area (Å²) < 4.78 is 31.3. The molecule has 0 heterocycles. The van der Waals surface area contributed by atoms with E-state index in [1.807, 2.05) is 13.8 Å². The van der Waals surface area contributed by atoms with Crippen LogP contribution in [0.25, 0.3) is 0 Å². The van der Waals surface area contributed by atoms with E-state index in [0.717, 1.165) is 0 Å². The average molecular weight is 556 g/mol. The Morgan fingerprint density at radius 1 is 0.821 bits per heavy atom. The van der Waals surface area contributed by atoms with Crippen molar-refractivity contribution >= 4 is 24.4 Å². The summed E-state index contributed by atoms with van der Waals surface area (Å²) in [6.07, 6.45) is -2.68. The maximum atomic E-state index is 12.6. The van der Waals surface area contributed by atoms with E-state index in [9.17, 15) is 24.3 Å². The Kier molecular flexibility index (Phi) is 12.0. The number of hydrogen-bond acceptors (Lipinski definition) is 11. The number of hydrogen-bond donors (Lipinski definition) is 2. The minimum absolute atomic E-state index is 0.0264.